The maximum atomic E-state index is 12.4. The number of nitrogens with zero attached hydrogens (tertiary/aromatic N) is 1. The molecule has 1 amide bonds. The van der Waals surface area contributed by atoms with Gasteiger partial charge in [-0.2, -0.15) is 0 Å². The largest absolute Gasteiger partial charge is 0.338 e. The quantitative estimate of drug-likeness (QED) is 0.866. The van der Waals surface area contributed by atoms with Crippen molar-refractivity contribution < 1.29 is 4.79 Å². The summed E-state index contributed by atoms with van der Waals surface area (Å²) in [6, 6.07) is 0. The molecular weight excluding hydrogens is 260 g/mol. The molecule has 1 N–H and O–H groups in total. The summed E-state index contributed by atoms with van der Waals surface area (Å²) in [6.45, 7) is 9.85. The molecule has 2 atom stereocenters. The molecule has 0 aromatic carbocycles. The predicted octanol–water partition coefficient (Wildman–Crippen LogP) is 2.84. The van der Waals surface area contributed by atoms with E-state index in [1.165, 1.54) is 12.8 Å². The number of amides is 1. The van der Waals surface area contributed by atoms with Gasteiger partial charge in [-0.15, -0.1) is 12.4 Å². The third-order valence-electron chi connectivity index (χ3n) is 4.84. The van der Waals surface area contributed by atoms with Gasteiger partial charge in [0.15, 0.2) is 0 Å². The normalized spacial score (nSPS) is 27.7. The SMILES string of the molecule is CC(CC(=O)N1CCCC1(C)C)C1CCCNC1.Cl. The monoisotopic (exact) mass is 288 g/mol. The molecule has 0 aromatic heterocycles. The van der Waals surface area contributed by atoms with Crippen LogP contribution < -0.4 is 5.32 Å². The van der Waals surface area contributed by atoms with E-state index in [0.29, 0.717) is 17.7 Å². The van der Waals surface area contributed by atoms with Crippen molar-refractivity contribution in [2.75, 3.05) is 19.6 Å². The summed E-state index contributed by atoms with van der Waals surface area (Å²) in [5, 5.41) is 3.45. The highest BCUT2D eigenvalue weighted by molar-refractivity contribution is 5.85. The number of carbonyl (C=O) groups excluding carboxylic acids is 1. The van der Waals surface area contributed by atoms with Crippen LogP contribution in [0, 0.1) is 11.8 Å². The van der Waals surface area contributed by atoms with Gasteiger partial charge in [0.25, 0.3) is 0 Å². The minimum Gasteiger partial charge on any atom is -0.338 e. The van der Waals surface area contributed by atoms with Crippen LogP contribution >= 0.6 is 12.4 Å². The molecule has 2 saturated heterocycles. The number of carbonyl (C=O) groups is 1. The highest BCUT2D eigenvalue weighted by atomic mass is 35.5. The Kier molecular flexibility index (Phi) is 6.13. The van der Waals surface area contributed by atoms with Crippen molar-refractivity contribution in [1.29, 1.82) is 0 Å². The third kappa shape index (κ3) is 4.09. The van der Waals surface area contributed by atoms with E-state index in [1.807, 2.05) is 0 Å². The van der Waals surface area contributed by atoms with Crippen molar-refractivity contribution in [3.63, 3.8) is 0 Å². The smallest absolute Gasteiger partial charge is 0.223 e. The topological polar surface area (TPSA) is 32.3 Å². The zero-order valence-electron chi connectivity index (χ0n) is 12.6. The number of rotatable bonds is 3. The maximum absolute atomic E-state index is 12.4. The lowest BCUT2D eigenvalue weighted by molar-refractivity contribution is -0.135. The summed E-state index contributed by atoms with van der Waals surface area (Å²) in [7, 11) is 0. The van der Waals surface area contributed by atoms with E-state index in [2.05, 4.69) is 31.0 Å². The highest BCUT2D eigenvalue weighted by Crippen LogP contribution is 2.31. The van der Waals surface area contributed by atoms with E-state index in [0.717, 1.165) is 38.9 Å². The molecule has 0 aromatic rings. The zero-order chi connectivity index (χ0) is 13.2. The van der Waals surface area contributed by atoms with Crippen LogP contribution in [-0.4, -0.2) is 36.0 Å². The molecule has 0 radical (unpaired) electrons. The van der Waals surface area contributed by atoms with Crippen LogP contribution in [0.15, 0.2) is 0 Å². The van der Waals surface area contributed by atoms with Gasteiger partial charge in [0, 0.05) is 18.5 Å². The summed E-state index contributed by atoms with van der Waals surface area (Å²) in [5.74, 6) is 1.57. The first kappa shape index (κ1) is 16.8. The Hall–Kier alpha value is -0.280. The molecule has 112 valence electrons. The van der Waals surface area contributed by atoms with E-state index in [4.69, 9.17) is 0 Å². The molecule has 0 spiro atoms. The molecule has 2 unspecified atom stereocenters. The molecule has 0 aliphatic carbocycles. The molecule has 19 heavy (non-hydrogen) atoms. The Bertz CT molecular complexity index is 301. The zero-order valence-corrected chi connectivity index (χ0v) is 13.4. The average Bonchev–Trinajstić information content (AvgIpc) is 2.70. The third-order valence-corrected chi connectivity index (χ3v) is 4.84. The molecule has 2 aliphatic rings. The van der Waals surface area contributed by atoms with E-state index in [1.54, 1.807) is 0 Å². The first-order valence-electron chi connectivity index (χ1n) is 7.52. The first-order valence-corrected chi connectivity index (χ1v) is 7.52. The molecule has 0 bridgehead atoms. The fourth-order valence-electron chi connectivity index (χ4n) is 3.49. The van der Waals surface area contributed by atoms with E-state index in [-0.39, 0.29) is 17.9 Å². The summed E-state index contributed by atoms with van der Waals surface area (Å²) in [4.78, 5) is 14.5. The van der Waals surface area contributed by atoms with Gasteiger partial charge in [0.2, 0.25) is 5.91 Å². The molecule has 0 saturated carbocycles. The number of hydrogen-bond donors (Lipinski definition) is 1. The van der Waals surface area contributed by atoms with Crippen LogP contribution in [0.3, 0.4) is 0 Å². The summed E-state index contributed by atoms with van der Waals surface area (Å²) >= 11 is 0. The molecule has 3 nitrogen and oxygen atoms in total. The van der Waals surface area contributed by atoms with Crippen molar-refractivity contribution in [3.8, 4) is 0 Å². The van der Waals surface area contributed by atoms with Gasteiger partial charge in [-0.25, -0.2) is 0 Å². The summed E-state index contributed by atoms with van der Waals surface area (Å²) < 4.78 is 0. The summed E-state index contributed by atoms with van der Waals surface area (Å²) in [6.07, 6.45) is 5.59. The Morgan fingerprint density at radius 2 is 2.16 bits per heavy atom. The Morgan fingerprint density at radius 1 is 1.42 bits per heavy atom. The lowest BCUT2D eigenvalue weighted by Gasteiger charge is -2.34. The van der Waals surface area contributed by atoms with Crippen molar-refractivity contribution in [3.05, 3.63) is 0 Å². The van der Waals surface area contributed by atoms with Crippen LogP contribution in [0.2, 0.25) is 0 Å². The van der Waals surface area contributed by atoms with Crippen LogP contribution in [-0.2, 0) is 4.79 Å². The predicted molar refractivity (Wildman–Crippen MR) is 81.6 cm³/mol. The fourth-order valence-corrected chi connectivity index (χ4v) is 3.49. The number of nitrogens with one attached hydrogen (secondary N) is 1. The minimum atomic E-state index is 0. The van der Waals surface area contributed by atoms with Crippen molar-refractivity contribution in [2.45, 2.75) is 58.4 Å². The van der Waals surface area contributed by atoms with Crippen LogP contribution in [0.25, 0.3) is 0 Å². The molecule has 2 aliphatic heterocycles. The Labute approximate surface area is 123 Å². The Morgan fingerprint density at radius 3 is 2.68 bits per heavy atom. The van der Waals surface area contributed by atoms with Crippen LogP contribution in [0.4, 0.5) is 0 Å². The summed E-state index contributed by atoms with van der Waals surface area (Å²) in [5.41, 5.74) is 0.0849. The molecule has 2 rings (SSSR count). The van der Waals surface area contributed by atoms with Gasteiger partial charge in [-0.1, -0.05) is 6.92 Å². The minimum absolute atomic E-state index is 0. The number of piperidine rings is 1. The number of likely N-dealkylation sites (tertiary alicyclic amines) is 1. The van der Waals surface area contributed by atoms with E-state index in [9.17, 15) is 4.79 Å². The maximum Gasteiger partial charge on any atom is 0.223 e. The van der Waals surface area contributed by atoms with Gasteiger partial charge in [-0.05, 0) is 64.5 Å². The van der Waals surface area contributed by atoms with E-state index >= 15 is 0 Å². The van der Waals surface area contributed by atoms with Crippen LogP contribution in [0.1, 0.15) is 52.9 Å². The van der Waals surface area contributed by atoms with Crippen molar-refractivity contribution >= 4 is 18.3 Å². The van der Waals surface area contributed by atoms with Crippen molar-refractivity contribution in [1.82, 2.24) is 10.2 Å². The van der Waals surface area contributed by atoms with Crippen LogP contribution in [0.5, 0.6) is 0 Å². The molecular formula is C15H29ClN2O. The standard InChI is InChI=1S/C15H28N2O.ClH/c1-12(13-6-4-8-16-11-13)10-14(18)17-9-5-7-15(17,2)3;/h12-13,16H,4-11H2,1-3H3;1H. The lowest BCUT2D eigenvalue weighted by atomic mass is 9.85. The molecule has 2 heterocycles. The number of halogens is 1. The van der Waals surface area contributed by atoms with Gasteiger partial charge < -0.3 is 10.2 Å². The second-order valence-corrected chi connectivity index (χ2v) is 6.75. The fraction of sp³-hybridized carbons (Fsp3) is 0.933. The molecule has 4 heteroatoms. The number of hydrogen-bond acceptors (Lipinski definition) is 2. The average molecular weight is 289 g/mol. The van der Waals surface area contributed by atoms with Crippen molar-refractivity contribution in [2.24, 2.45) is 11.8 Å². The second kappa shape index (κ2) is 6.94. The lowest BCUT2D eigenvalue weighted by Crippen LogP contribution is -2.44. The molecule has 2 fully saturated rings. The highest BCUT2D eigenvalue weighted by Gasteiger charge is 2.36. The van der Waals surface area contributed by atoms with Gasteiger partial charge >= 0.3 is 0 Å². The van der Waals surface area contributed by atoms with Gasteiger partial charge in [-0.3, -0.25) is 4.79 Å². The van der Waals surface area contributed by atoms with Gasteiger partial charge in [0.05, 0.1) is 0 Å². The Balaban J connectivity index is 0.00000180. The second-order valence-electron chi connectivity index (χ2n) is 6.75. The van der Waals surface area contributed by atoms with Gasteiger partial charge in [0.1, 0.15) is 0 Å². The first-order chi connectivity index (χ1) is 8.50. The van der Waals surface area contributed by atoms with E-state index < -0.39 is 0 Å².